The van der Waals surface area contributed by atoms with Crippen molar-refractivity contribution >= 4 is 34.9 Å². The third-order valence-corrected chi connectivity index (χ3v) is 4.61. The number of benzene rings is 1. The van der Waals surface area contributed by atoms with Crippen molar-refractivity contribution in [2.75, 3.05) is 6.61 Å². The molecule has 0 amide bonds. The van der Waals surface area contributed by atoms with Gasteiger partial charge >= 0.3 is 5.97 Å². The van der Waals surface area contributed by atoms with Gasteiger partial charge < -0.3 is 4.74 Å². The number of hydrogen-bond donors (Lipinski definition) is 0. The van der Waals surface area contributed by atoms with Crippen LogP contribution in [0.15, 0.2) is 41.4 Å². The van der Waals surface area contributed by atoms with E-state index in [2.05, 4.69) is 5.10 Å². The van der Waals surface area contributed by atoms with E-state index in [0.717, 1.165) is 35.4 Å². The van der Waals surface area contributed by atoms with Gasteiger partial charge in [-0.05, 0) is 38.8 Å². The SMILES string of the molecule is CCOC(=O)c1nn(C2=CCCC=C2Cl)c(-c2ccc(Cl)cc2)c1C. The molecule has 0 saturated carbocycles. The number of rotatable bonds is 4. The number of halogens is 2. The van der Waals surface area contributed by atoms with Crippen LogP contribution >= 0.6 is 23.2 Å². The van der Waals surface area contributed by atoms with Crippen molar-refractivity contribution in [3.63, 3.8) is 0 Å². The molecule has 3 rings (SSSR count). The van der Waals surface area contributed by atoms with Crippen LogP contribution in [-0.2, 0) is 4.74 Å². The number of carbonyl (C=O) groups excluding carboxylic acids is 1. The largest absolute Gasteiger partial charge is 0.461 e. The lowest BCUT2D eigenvalue weighted by atomic mass is 10.1. The topological polar surface area (TPSA) is 44.1 Å². The summed E-state index contributed by atoms with van der Waals surface area (Å²) in [7, 11) is 0. The molecular weight excluding hydrogens is 359 g/mol. The standard InChI is InChI=1S/C19H18Cl2N2O2/c1-3-25-19(24)17-12(2)18(13-8-10-14(20)11-9-13)23(22-17)16-7-5-4-6-15(16)21/h6-11H,3-5H2,1-2H3. The van der Waals surface area contributed by atoms with E-state index in [4.69, 9.17) is 27.9 Å². The summed E-state index contributed by atoms with van der Waals surface area (Å²) in [6.45, 7) is 3.93. The average molecular weight is 377 g/mol. The minimum atomic E-state index is -0.439. The van der Waals surface area contributed by atoms with Gasteiger partial charge in [0.05, 0.1) is 23.0 Å². The Morgan fingerprint density at radius 3 is 2.52 bits per heavy atom. The van der Waals surface area contributed by atoms with Crippen molar-refractivity contribution < 1.29 is 9.53 Å². The molecule has 0 spiro atoms. The molecule has 6 heteroatoms. The van der Waals surface area contributed by atoms with Gasteiger partial charge in [0.1, 0.15) is 0 Å². The second-order valence-corrected chi connectivity index (χ2v) is 6.52. The number of allylic oxidation sites excluding steroid dienone is 4. The van der Waals surface area contributed by atoms with E-state index in [1.165, 1.54) is 0 Å². The zero-order valence-corrected chi connectivity index (χ0v) is 15.6. The Kier molecular flexibility index (Phi) is 5.30. The first-order valence-corrected chi connectivity index (χ1v) is 8.87. The summed E-state index contributed by atoms with van der Waals surface area (Å²) in [5, 5.41) is 5.79. The van der Waals surface area contributed by atoms with E-state index in [0.29, 0.717) is 22.4 Å². The van der Waals surface area contributed by atoms with Gasteiger partial charge in [-0.2, -0.15) is 5.10 Å². The highest BCUT2D eigenvalue weighted by Crippen LogP contribution is 2.34. The Hall–Kier alpha value is -2.04. The first-order chi connectivity index (χ1) is 12.0. The first kappa shape index (κ1) is 17.8. The van der Waals surface area contributed by atoms with Crippen LogP contribution in [0.3, 0.4) is 0 Å². The Bertz CT molecular complexity index is 864. The molecular formula is C19H18Cl2N2O2. The molecule has 0 atom stereocenters. The van der Waals surface area contributed by atoms with Crippen molar-refractivity contribution in [1.82, 2.24) is 9.78 Å². The quantitative estimate of drug-likeness (QED) is 0.666. The van der Waals surface area contributed by atoms with E-state index in [1.54, 1.807) is 11.6 Å². The monoisotopic (exact) mass is 376 g/mol. The lowest BCUT2D eigenvalue weighted by molar-refractivity contribution is 0.0518. The summed E-state index contributed by atoms with van der Waals surface area (Å²) in [4.78, 5) is 12.3. The molecule has 0 unspecified atom stereocenters. The second kappa shape index (κ2) is 7.46. The van der Waals surface area contributed by atoms with Crippen LogP contribution in [0.4, 0.5) is 0 Å². The fraction of sp³-hybridized carbons (Fsp3) is 0.263. The van der Waals surface area contributed by atoms with Crippen molar-refractivity contribution in [2.45, 2.75) is 26.7 Å². The maximum Gasteiger partial charge on any atom is 0.359 e. The van der Waals surface area contributed by atoms with Gasteiger partial charge in [-0.25, -0.2) is 9.48 Å². The number of carbonyl (C=O) groups is 1. The van der Waals surface area contributed by atoms with Crippen LogP contribution in [0.1, 0.15) is 35.8 Å². The van der Waals surface area contributed by atoms with Crippen LogP contribution in [0.25, 0.3) is 17.0 Å². The van der Waals surface area contributed by atoms with Gasteiger partial charge in [-0.15, -0.1) is 0 Å². The molecule has 4 nitrogen and oxygen atoms in total. The number of nitrogens with zero attached hydrogens (tertiary/aromatic N) is 2. The maximum atomic E-state index is 12.3. The molecule has 1 aliphatic carbocycles. The van der Waals surface area contributed by atoms with E-state index in [-0.39, 0.29) is 0 Å². The second-order valence-electron chi connectivity index (χ2n) is 5.68. The van der Waals surface area contributed by atoms with Crippen molar-refractivity contribution in [3.05, 3.63) is 57.7 Å². The van der Waals surface area contributed by atoms with Gasteiger partial charge in [0, 0.05) is 16.1 Å². The van der Waals surface area contributed by atoms with Crippen molar-refractivity contribution in [1.29, 1.82) is 0 Å². The fourth-order valence-electron chi connectivity index (χ4n) is 2.83. The first-order valence-electron chi connectivity index (χ1n) is 8.12. The zero-order chi connectivity index (χ0) is 18.0. The third-order valence-electron chi connectivity index (χ3n) is 4.01. The minimum absolute atomic E-state index is 0.294. The lowest BCUT2D eigenvalue weighted by Gasteiger charge is -2.15. The Morgan fingerprint density at radius 2 is 1.88 bits per heavy atom. The molecule has 1 aliphatic rings. The highest BCUT2D eigenvalue weighted by atomic mass is 35.5. The average Bonchev–Trinajstić information content (AvgIpc) is 2.94. The van der Waals surface area contributed by atoms with Crippen LogP contribution < -0.4 is 0 Å². The molecule has 2 aromatic rings. The number of ether oxygens (including phenoxy) is 1. The third kappa shape index (κ3) is 3.51. The lowest BCUT2D eigenvalue weighted by Crippen LogP contribution is -2.09. The van der Waals surface area contributed by atoms with Gasteiger partial charge in [-0.1, -0.05) is 47.5 Å². The molecule has 0 fully saturated rings. The highest BCUT2D eigenvalue weighted by Gasteiger charge is 2.25. The Labute approximate surface area is 156 Å². The van der Waals surface area contributed by atoms with Crippen molar-refractivity contribution in [2.24, 2.45) is 0 Å². The number of aromatic nitrogens is 2. The molecule has 1 aromatic heterocycles. The summed E-state index contributed by atoms with van der Waals surface area (Å²) < 4.78 is 6.87. The molecule has 130 valence electrons. The van der Waals surface area contributed by atoms with Crippen molar-refractivity contribution in [3.8, 4) is 11.3 Å². The highest BCUT2D eigenvalue weighted by molar-refractivity contribution is 6.36. The molecule has 0 saturated heterocycles. The molecule has 1 heterocycles. The van der Waals surface area contributed by atoms with Crippen LogP contribution in [0, 0.1) is 6.92 Å². The Balaban J connectivity index is 2.20. The molecule has 0 bridgehead atoms. The molecule has 0 N–H and O–H groups in total. The predicted molar refractivity (Wildman–Crippen MR) is 101 cm³/mol. The summed E-state index contributed by atoms with van der Waals surface area (Å²) in [5.41, 5.74) is 3.52. The fourth-order valence-corrected chi connectivity index (χ4v) is 3.22. The number of hydrogen-bond acceptors (Lipinski definition) is 3. The zero-order valence-electron chi connectivity index (χ0n) is 14.1. The molecule has 0 radical (unpaired) electrons. The Morgan fingerprint density at radius 1 is 1.20 bits per heavy atom. The summed E-state index contributed by atoms with van der Waals surface area (Å²) in [5.74, 6) is -0.439. The van der Waals surface area contributed by atoms with Gasteiger partial charge in [0.25, 0.3) is 0 Å². The van der Waals surface area contributed by atoms with E-state index in [1.807, 2.05) is 43.3 Å². The molecule has 25 heavy (non-hydrogen) atoms. The minimum Gasteiger partial charge on any atom is -0.461 e. The predicted octanol–water partition coefficient (Wildman–Crippen LogP) is 5.45. The number of esters is 1. The smallest absolute Gasteiger partial charge is 0.359 e. The van der Waals surface area contributed by atoms with Gasteiger partial charge in [-0.3, -0.25) is 0 Å². The van der Waals surface area contributed by atoms with Crippen LogP contribution in [0.5, 0.6) is 0 Å². The summed E-state index contributed by atoms with van der Waals surface area (Å²) in [6, 6.07) is 7.42. The molecule has 0 aliphatic heterocycles. The summed E-state index contributed by atoms with van der Waals surface area (Å²) in [6.07, 6.45) is 5.76. The normalized spacial score (nSPS) is 14.1. The van der Waals surface area contributed by atoms with Crippen LogP contribution in [0.2, 0.25) is 5.02 Å². The summed E-state index contributed by atoms with van der Waals surface area (Å²) >= 11 is 12.4. The van der Waals surface area contributed by atoms with E-state index in [9.17, 15) is 4.79 Å². The van der Waals surface area contributed by atoms with E-state index >= 15 is 0 Å². The maximum absolute atomic E-state index is 12.3. The van der Waals surface area contributed by atoms with E-state index < -0.39 is 5.97 Å². The molecule has 1 aromatic carbocycles. The van der Waals surface area contributed by atoms with Gasteiger partial charge in [0.2, 0.25) is 0 Å². The van der Waals surface area contributed by atoms with Gasteiger partial charge in [0.15, 0.2) is 5.69 Å². The van der Waals surface area contributed by atoms with Crippen LogP contribution in [-0.4, -0.2) is 22.4 Å².